The summed E-state index contributed by atoms with van der Waals surface area (Å²) >= 11 is 0. The molecule has 1 fully saturated rings. The number of likely N-dealkylation sites (tertiary alicyclic amines) is 1. The molecule has 1 atom stereocenters. The predicted molar refractivity (Wildman–Crippen MR) is 90.7 cm³/mol. The van der Waals surface area contributed by atoms with Crippen molar-refractivity contribution in [2.45, 2.75) is 27.2 Å². The smallest absolute Gasteiger partial charge is 0.193 e. The Labute approximate surface area is 128 Å². The standard InChI is InChI=1S/C17H28N4/c1-13(2)11-21-9-8-15(12-21)10-19-17(18)20-16-6-4-14(3)5-7-16/h4-7,13,15H,8-12H2,1-3H3,(H3,18,19,20). The molecule has 1 unspecified atom stereocenters. The third kappa shape index (κ3) is 5.38. The first-order chi connectivity index (χ1) is 10.0. The number of aliphatic imine (C=N–C) groups is 1. The number of nitrogens with two attached hydrogens (primary N) is 1. The summed E-state index contributed by atoms with van der Waals surface area (Å²) in [5, 5.41) is 3.15. The largest absolute Gasteiger partial charge is 0.370 e. The van der Waals surface area contributed by atoms with Crippen molar-refractivity contribution in [3.63, 3.8) is 0 Å². The van der Waals surface area contributed by atoms with E-state index in [-0.39, 0.29) is 0 Å². The van der Waals surface area contributed by atoms with Crippen LogP contribution in [0.2, 0.25) is 0 Å². The maximum absolute atomic E-state index is 5.96. The maximum Gasteiger partial charge on any atom is 0.193 e. The van der Waals surface area contributed by atoms with Crippen molar-refractivity contribution in [1.82, 2.24) is 4.90 Å². The summed E-state index contributed by atoms with van der Waals surface area (Å²) in [5.41, 5.74) is 8.20. The second-order valence-electron chi connectivity index (χ2n) is 6.53. The van der Waals surface area contributed by atoms with Crippen molar-refractivity contribution in [2.24, 2.45) is 22.6 Å². The number of hydrogen-bond acceptors (Lipinski definition) is 2. The van der Waals surface area contributed by atoms with Crippen LogP contribution >= 0.6 is 0 Å². The van der Waals surface area contributed by atoms with E-state index in [1.54, 1.807) is 0 Å². The Kier molecular flexibility index (Phi) is 5.62. The third-order valence-corrected chi connectivity index (χ3v) is 3.84. The SMILES string of the molecule is Cc1ccc(NC(N)=NCC2CCN(CC(C)C)C2)cc1. The number of aryl methyl sites for hydroxylation is 1. The monoisotopic (exact) mass is 288 g/mol. The minimum Gasteiger partial charge on any atom is -0.370 e. The summed E-state index contributed by atoms with van der Waals surface area (Å²) in [6.45, 7) is 11.0. The molecule has 4 nitrogen and oxygen atoms in total. The molecule has 1 aliphatic rings. The van der Waals surface area contributed by atoms with Gasteiger partial charge in [-0.2, -0.15) is 0 Å². The van der Waals surface area contributed by atoms with E-state index in [1.807, 2.05) is 12.1 Å². The topological polar surface area (TPSA) is 53.6 Å². The molecule has 1 saturated heterocycles. The lowest BCUT2D eigenvalue weighted by atomic mass is 10.1. The summed E-state index contributed by atoms with van der Waals surface area (Å²) < 4.78 is 0. The molecule has 0 bridgehead atoms. The maximum atomic E-state index is 5.96. The lowest BCUT2D eigenvalue weighted by Gasteiger charge is -2.17. The van der Waals surface area contributed by atoms with Gasteiger partial charge in [-0.1, -0.05) is 31.5 Å². The van der Waals surface area contributed by atoms with E-state index in [9.17, 15) is 0 Å². The number of hydrogen-bond donors (Lipinski definition) is 2. The molecule has 1 aromatic rings. The number of rotatable bonds is 5. The van der Waals surface area contributed by atoms with Gasteiger partial charge in [-0.05, 0) is 43.9 Å². The second-order valence-corrected chi connectivity index (χ2v) is 6.53. The van der Waals surface area contributed by atoms with Gasteiger partial charge in [0.2, 0.25) is 0 Å². The van der Waals surface area contributed by atoms with Crippen LogP contribution in [0.5, 0.6) is 0 Å². The Balaban J connectivity index is 1.77. The van der Waals surface area contributed by atoms with Crippen molar-refractivity contribution in [3.05, 3.63) is 29.8 Å². The molecule has 3 N–H and O–H groups in total. The first-order valence-corrected chi connectivity index (χ1v) is 7.89. The number of anilines is 1. The van der Waals surface area contributed by atoms with Crippen molar-refractivity contribution >= 4 is 11.6 Å². The summed E-state index contributed by atoms with van der Waals surface area (Å²) in [6, 6.07) is 8.18. The van der Waals surface area contributed by atoms with Crippen LogP contribution in [0.1, 0.15) is 25.8 Å². The van der Waals surface area contributed by atoms with Gasteiger partial charge in [0.1, 0.15) is 0 Å². The molecule has 116 valence electrons. The lowest BCUT2D eigenvalue weighted by molar-refractivity contribution is 0.288. The van der Waals surface area contributed by atoms with Gasteiger partial charge in [0, 0.05) is 25.3 Å². The molecule has 0 aromatic heterocycles. The molecule has 0 amide bonds. The van der Waals surface area contributed by atoms with Crippen LogP contribution in [0.15, 0.2) is 29.3 Å². The summed E-state index contributed by atoms with van der Waals surface area (Å²) in [4.78, 5) is 7.03. The molecule has 1 heterocycles. The van der Waals surface area contributed by atoms with Gasteiger partial charge in [0.25, 0.3) is 0 Å². The average Bonchev–Trinajstić information content (AvgIpc) is 2.86. The van der Waals surface area contributed by atoms with E-state index in [2.05, 4.69) is 48.1 Å². The number of nitrogens with one attached hydrogen (secondary N) is 1. The molecule has 0 radical (unpaired) electrons. The Morgan fingerprint density at radius 3 is 2.76 bits per heavy atom. The van der Waals surface area contributed by atoms with Crippen molar-refractivity contribution in [2.75, 3.05) is 31.5 Å². The number of benzene rings is 1. The Hall–Kier alpha value is -1.55. The zero-order chi connectivity index (χ0) is 15.2. The van der Waals surface area contributed by atoms with Gasteiger partial charge in [-0.15, -0.1) is 0 Å². The Morgan fingerprint density at radius 2 is 2.10 bits per heavy atom. The third-order valence-electron chi connectivity index (χ3n) is 3.84. The van der Waals surface area contributed by atoms with E-state index in [1.165, 1.54) is 25.1 Å². The second kappa shape index (κ2) is 7.46. The van der Waals surface area contributed by atoms with Gasteiger partial charge in [0.15, 0.2) is 5.96 Å². The zero-order valence-electron chi connectivity index (χ0n) is 13.5. The summed E-state index contributed by atoms with van der Waals surface area (Å²) in [7, 11) is 0. The van der Waals surface area contributed by atoms with Crippen LogP contribution in [0.25, 0.3) is 0 Å². The highest BCUT2D eigenvalue weighted by atomic mass is 15.2. The van der Waals surface area contributed by atoms with Crippen LogP contribution < -0.4 is 11.1 Å². The molecule has 0 spiro atoms. The predicted octanol–water partition coefficient (Wildman–Crippen LogP) is 2.70. The zero-order valence-corrected chi connectivity index (χ0v) is 13.5. The molecule has 4 heteroatoms. The average molecular weight is 288 g/mol. The fourth-order valence-electron chi connectivity index (χ4n) is 2.80. The van der Waals surface area contributed by atoms with Crippen molar-refractivity contribution in [1.29, 1.82) is 0 Å². The minimum absolute atomic E-state index is 0.515. The molecule has 0 saturated carbocycles. The summed E-state index contributed by atoms with van der Waals surface area (Å²) in [6.07, 6.45) is 1.23. The van der Waals surface area contributed by atoms with Crippen LogP contribution in [-0.2, 0) is 0 Å². The fourth-order valence-corrected chi connectivity index (χ4v) is 2.80. The molecule has 1 aliphatic heterocycles. The van der Waals surface area contributed by atoms with E-state index >= 15 is 0 Å². The Bertz CT molecular complexity index is 464. The quantitative estimate of drug-likeness (QED) is 0.647. The van der Waals surface area contributed by atoms with Crippen molar-refractivity contribution < 1.29 is 0 Å². The Morgan fingerprint density at radius 1 is 1.38 bits per heavy atom. The highest BCUT2D eigenvalue weighted by Crippen LogP contribution is 2.17. The number of guanidine groups is 1. The highest BCUT2D eigenvalue weighted by molar-refractivity contribution is 5.92. The van der Waals surface area contributed by atoms with Gasteiger partial charge in [0.05, 0.1) is 0 Å². The molecule has 1 aromatic carbocycles. The first-order valence-electron chi connectivity index (χ1n) is 7.89. The van der Waals surface area contributed by atoms with E-state index in [0.717, 1.165) is 24.7 Å². The van der Waals surface area contributed by atoms with Gasteiger partial charge < -0.3 is 16.0 Å². The van der Waals surface area contributed by atoms with Gasteiger partial charge in [-0.25, -0.2) is 0 Å². The van der Waals surface area contributed by atoms with Crippen molar-refractivity contribution in [3.8, 4) is 0 Å². The molecule has 21 heavy (non-hydrogen) atoms. The van der Waals surface area contributed by atoms with E-state index in [4.69, 9.17) is 5.73 Å². The van der Waals surface area contributed by atoms with Crippen LogP contribution in [0.3, 0.4) is 0 Å². The molecular formula is C17H28N4. The normalized spacial score (nSPS) is 20.2. The van der Waals surface area contributed by atoms with Crippen LogP contribution in [-0.4, -0.2) is 37.0 Å². The molecule has 2 rings (SSSR count). The van der Waals surface area contributed by atoms with Crippen LogP contribution in [0.4, 0.5) is 5.69 Å². The van der Waals surface area contributed by atoms with Crippen LogP contribution in [0, 0.1) is 18.8 Å². The van der Waals surface area contributed by atoms with E-state index < -0.39 is 0 Å². The molecule has 0 aliphatic carbocycles. The van der Waals surface area contributed by atoms with Gasteiger partial charge >= 0.3 is 0 Å². The lowest BCUT2D eigenvalue weighted by Crippen LogP contribution is -2.26. The fraction of sp³-hybridized carbons (Fsp3) is 0.588. The van der Waals surface area contributed by atoms with Gasteiger partial charge in [-0.3, -0.25) is 4.99 Å². The highest BCUT2D eigenvalue weighted by Gasteiger charge is 2.22. The first kappa shape index (κ1) is 15.8. The summed E-state index contributed by atoms with van der Waals surface area (Å²) in [5.74, 6) is 1.89. The van der Waals surface area contributed by atoms with E-state index in [0.29, 0.717) is 11.9 Å². The minimum atomic E-state index is 0.515. The molecular weight excluding hydrogens is 260 g/mol. The number of nitrogens with zero attached hydrogens (tertiary/aromatic N) is 2.